The van der Waals surface area contributed by atoms with Crippen LogP contribution in [0.1, 0.15) is 12.5 Å². The molecule has 2 aromatic carbocycles. The van der Waals surface area contributed by atoms with Crippen LogP contribution in [0.2, 0.25) is 0 Å². The third-order valence-electron chi connectivity index (χ3n) is 3.37. The zero-order valence-electron chi connectivity index (χ0n) is 12.8. The van der Waals surface area contributed by atoms with Crippen LogP contribution in [0.5, 0.6) is 5.75 Å². The van der Waals surface area contributed by atoms with Gasteiger partial charge in [0, 0.05) is 25.7 Å². The molecule has 0 radical (unpaired) electrons. The van der Waals surface area contributed by atoms with E-state index in [1.807, 2.05) is 31.2 Å². The SMILES string of the molecule is CC(N)Cc1c(OCC(=O)N(C)C)ccc2ccccc12. The standard InChI is InChI=1S/C17H22N2O2/c1-12(18)10-15-14-7-5-4-6-13(14)8-9-16(15)21-11-17(20)19(2)3/h4-9,12H,10-11,18H2,1-3H3. The Bertz CT molecular complexity index is 636. The summed E-state index contributed by atoms with van der Waals surface area (Å²) in [7, 11) is 3.43. The number of amides is 1. The van der Waals surface area contributed by atoms with E-state index in [0.29, 0.717) is 6.42 Å². The molecule has 0 fully saturated rings. The Labute approximate surface area is 125 Å². The van der Waals surface area contributed by atoms with Crippen LogP contribution in [0.25, 0.3) is 10.8 Å². The first-order chi connectivity index (χ1) is 9.99. The summed E-state index contributed by atoms with van der Waals surface area (Å²) in [6, 6.07) is 12.1. The average Bonchev–Trinajstić information content (AvgIpc) is 2.45. The predicted molar refractivity (Wildman–Crippen MR) is 85.5 cm³/mol. The lowest BCUT2D eigenvalue weighted by atomic mass is 9.98. The third-order valence-corrected chi connectivity index (χ3v) is 3.37. The number of benzene rings is 2. The fraction of sp³-hybridized carbons (Fsp3) is 0.353. The quantitative estimate of drug-likeness (QED) is 0.916. The highest BCUT2D eigenvalue weighted by Crippen LogP contribution is 2.29. The van der Waals surface area contributed by atoms with Gasteiger partial charge >= 0.3 is 0 Å². The van der Waals surface area contributed by atoms with Crippen molar-refractivity contribution in [1.82, 2.24) is 4.90 Å². The molecule has 0 aliphatic heterocycles. The molecule has 0 aliphatic carbocycles. The highest BCUT2D eigenvalue weighted by molar-refractivity contribution is 5.88. The molecular formula is C17H22N2O2. The molecule has 2 rings (SSSR count). The molecule has 0 saturated heterocycles. The summed E-state index contributed by atoms with van der Waals surface area (Å²) in [5, 5.41) is 2.28. The van der Waals surface area contributed by atoms with Gasteiger partial charge in [0.1, 0.15) is 5.75 Å². The number of likely N-dealkylation sites (N-methyl/N-ethyl adjacent to an activating group) is 1. The molecule has 0 bridgehead atoms. The van der Waals surface area contributed by atoms with E-state index in [0.717, 1.165) is 22.1 Å². The average molecular weight is 286 g/mol. The molecule has 4 heteroatoms. The summed E-state index contributed by atoms with van der Waals surface area (Å²) in [5.74, 6) is 0.677. The van der Waals surface area contributed by atoms with Crippen molar-refractivity contribution in [3.05, 3.63) is 42.0 Å². The Kier molecular flexibility index (Phi) is 4.81. The molecule has 0 spiro atoms. The van der Waals surface area contributed by atoms with E-state index in [1.54, 1.807) is 14.1 Å². The van der Waals surface area contributed by atoms with Gasteiger partial charge in [-0.25, -0.2) is 0 Å². The van der Waals surface area contributed by atoms with Gasteiger partial charge < -0.3 is 15.4 Å². The van der Waals surface area contributed by atoms with Gasteiger partial charge in [-0.1, -0.05) is 30.3 Å². The Balaban J connectivity index is 2.35. The summed E-state index contributed by atoms with van der Waals surface area (Å²) in [4.78, 5) is 13.2. The van der Waals surface area contributed by atoms with E-state index < -0.39 is 0 Å². The second-order valence-corrected chi connectivity index (χ2v) is 5.52. The van der Waals surface area contributed by atoms with Crippen LogP contribution in [0.4, 0.5) is 0 Å². The molecule has 2 aromatic rings. The summed E-state index contributed by atoms with van der Waals surface area (Å²) in [6.07, 6.45) is 0.715. The second-order valence-electron chi connectivity index (χ2n) is 5.52. The topological polar surface area (TPSA) is 55.6 Å². The van der Waals surface area contributed by atoms with Crippen LogP contribution in [0, 0.1) is 0 Å². The zero-order chi connectivity index (χ0) is 15.4. The third kappa shape index (κ3) is 3.73. The van der Waals surface area contributed by atoms with Gasteiger partial charge in [-0.15, -0.1) is 0 Å². The number of hydrogen-bond donors (Lipinski definition) is 1. The van der Waals surface area contributed by atoms with Crippen LogP contribution in [-0.2, 0) is 11.2 Å². The van der Waals surface area contributed by atoms with Crippen molar-refractivity contribution in [3.63, 3.8) is 0 Å². The first-order valence-electron chi connectivity index (χ1n) is 7.08. The molecule has 0 aliphatic rings. The number of hydrogen-bond acceptors (Lipinski definition) is 3. The molecule has 0 heterocycles. The van der Waals surface area contributed by atoms with E-state index in [9.17, 15) is 4.79 Å². The minimum absolute atomic E-state index is 0.0303. The lowest BCUT2D eigenvalue weighted by Gasteiger charge is -2.17. The maximum Gasteiger partial charge on any atom is 0.259 e. The van der Waals surface area contributed by atoms with Crippen LogP contribution >= 0.6 is 0 Å². The highest BCUT2D eigenvalue weighted by Gasteiger charge is 2.12. The van der Waals surface area contributed by atoms with E-state index in [1.165, 1.54) is 4.90 Å². The van der Waals surface area contributed by atoms with Crippen molar-refractivity contribution in [2.24, 2.45) is 5.73 Å². The van der Waals surface area contributed by atoms with Crippen molar-refractivity contribution in [1.29, 1.82) is 0 Å². The van der Waals surface area contributed by atoms with Gasteiger partial charge in [0.05, 0.1) is 0 Å². The van der Waals surface area contributed by atoms with Gasteiger partial charge in [-0.3, -0.25) is 4.79 Å². The van der Waals surface area contributed by atoms with E-state index in [-0.39, 0.29) is 18.6 Å². The minimum Gasteiger partial charge on any atom is -0.483 e. The van der Waals surface area contributed by atoms with Gasteiger partial charge in [0.2, 0.25) is 0 Å². The van der Waals surface area contributed by atoms with Crippen molar-refractivity contribution in [2.45, 2.75) is 19.4 Å². The van der Waals surface area contributed by atoms with Crippen molar-refractivity contribution >= 4 is 16.7 Å². The lowest BCUT2D eigenvalue weighted by Crippen LogP contribution is -2.28. The number of rotatable bonds is 5. The first-order valence-corrected chi connectivity index (χ1v) is 7.08. The predicted octanol–water partition coefficient (Wildman–Crippen LogP) is 2.20. The van der Waals surface area contributed by atoms with Crippen LogP contribution in [0.15, 0.2) is 36.4 Å². The number of fused-ring (bicyclic) bond motifs is 1. The summed E-state index contributed by atoms with van der Waals surface area (Å²) >= 11 is 0. The van der Waals surface area contributed by atoms with Crippen LogP contribution in [-0.4, -0.2) is 37.6 Å². The number of ether oxygens (including phenoxy) is 1. The summed E-state index contributed by atoms with van der Waals surface area (Å²) in [5.41, 5.74) is 7.02. The first kappa shape index (κ1) is 15.3. The van der Waals surface area contributed by atoms with Gasteiger partial charge in [-0.2, -0.15) is 0 Å². The van der Waals surface area contributed by atoms with Gasteiger partial charge in [0.15, 0.2) is 6.61 Å². The highest BCUT2D eigenvalue weighted by atomic mass is 16.5. The Morgan fingerprint density at radius 1 is 1.24 bits per heavy atom. The van der Waals surface area contributed by atoms with Gasteiger partial charge in [-0.05, 0) is 30.2 Å². The van der Waals surface area contributed by atoms with Crippen LogP contribution in [0.3, 0.4) is 0 Å². The Morgan fingerprint density at radius 3 is 2.62 bits per heavy atom. The van der Waals surface area contributed by atoms with Crippen molar-refractivity contribution in [3.8, 4) is 5.75 Å². The molecule has 2 N–H and O–H groups in total. The minimum atomic E-state index is -0.0603. The molecule has 0 aromatic heterocycles. The fourth-order valence-electron chi connectivity index (χ4n) is 2.25. The normalized spacial score (nSPS) is 12.2. The van der Waals surface area contributed by atoms with Gasteiger partial charge in [0.25, 0.3) is 5.91 Å². The number of nitrogens with zero attached hydrogens (tertiary/aromatic N) is 1. The van der Waals surface area contributed by atoms with Crippen LogP contribution < -0.4 is 10.5 Å². The molecule has 1 unspecified atom stereocenters. The van der Waals surface area contributed by atoms with E-state index in [4.69, 9.17) is 10.5 Å². The molecule has 112 valence electrons. The molecule has 0 saturated carbocycles. The Morgan fingerprint density at radius 2 is 1.95 bits per heavy atom. The molecule has 4 nitrogen and oxygen atoms in total. The maximum absolute atomic E-state index is 11.7. The second kappa shape index (κ2) is 6.59. The molecule has 1 amide bonds. The van der Waals surface area contributed by atoms with Crippen molar-refractivity contribution in [2.75, 3.05) is 20.7 Å². The summed E-state index contributed by atoms with van der Waals surface area (Å²) < 4.78 is 5.72. The Hall–Kier alpha value is -2.07. The smallest absolute Gasteiger partial charge is 0.259 e. The number of carbonyl (C=O) groups excluding carboxylic acids is 1. The monoisotopic (exact) mass is 286 g/mol. The summed E-state index contributed by atoms with van der Waals surface area (Å²) in [6.45, 7) is 2.01. The van der Waals surface area contributed by atoms with Crippen molar-refractivity contribution < 1.29 is 9.53 Å². The van der Waals surface area contributed by atoms with E-state index >= 15 is 0 Å². The molecule has 21 heavy (non-hydrogen) atoms. The maximum atomic E-state index is 11.7. The lowest BCUT2D eigenvalue weighted by molar-refractivity contribution is -0.130. The molecular weight excluding hydrogens is 264 g/mol. The van der Waals surface area contributed by atoms with E-state index in [2.05, 4.69) is 12.1 Å². The largest absolute Gasteiger partial charge is 0.483 e. The fourth-order valence-corrected chi connectivity index (χ4v) is 2.25. The number of carbonyl (C=O) groups is 1. The zero-order valence-corrected chi connectivity index (χ0v) is 12.8. The number of nitrogens with two attached hydrogens (primary N) is 1. The molecule has 1 atom stereocenters.